The van der Waals surface area contributed by atoms with Crippen molar-refractivity contribution in [3.63, 3.8) is 0 Å². The van der Waals surface area contributed by atoms with Crippen LogP contribution >= 0.6 is 0 Å². The molecule has 122 valence electrons. The van der Waals surface area contributed by atoms with Crippen molar-refractivity contribution in [1.29, 1.82) is 0 Å². The quantitative estimate of drug-likeness (QED) is 0.854. The van der Waals surface area contributed by atoms with Crippen LogP contribution in [-0.4, -0.2) is 54.5 Å². The minimum Gasteiger partial charge on any atom is -0.377 e. The van der Waals surface area contributed by atoms with Crippen LogP contribution in [0, 0.1) is 6.92 Å². The van der Waals surface area contributed by atoms with Gasteiger partial charge in [-0.25, -0.2) is 0 Å². The lowest BCUT2D eigenvalue weighted by atomic mass is 9.85. The van der Waals surface area contributed by atoms with Gasteiger partial charge < -0.3 is 18.9 Å². The Morgan fingerprint density at radius 1 is 1.50 bits per heavy atom. The van der Waals surface area contributed by atoms with Crippen LogP contribution in [0.4, 0.5) is 0 Å². The fraction of sp³-hybridized carbons (Fsp3) is 0.750. The number of rotatable bonds is 3. The zero-order chi connectivity index (χ0) is 15.7. The van der Waals surface area contributed by atoms with E-state index in [-0.39, 0.29) is 17.6 Å². The minimum absolute atomic E-state index is 0.00880. The van der Waals surface area contributed by atoms with Gasteiger partial charge in [0, 0.05) is 26.8 Å². The molecular formula is C16H24N2O4. The van der Waals surface area contributed by atoms with Gasteiger partial charge in [-0.3, -0.25) is 4.79 Å². The molecule has 0 radical (unpaired) electrons. The molecule has 6 nitrogen and oxygen atoms in total. The molecule has 6 heteroatoms. The third-order valence-electron chi connectivity index (χ3n) is 4.97. The molecule has 0 aromatic carbocycles. The fourth-order valence-electron chi connectivity index (χ4n) is 3.68. The van der Waals surface area contributed by atoms with Gasteiger partial charge in [0.05, 0.1) is 11.3 Å². The van der Waals surface area contributed by atoms with Crippen LogP contribution in [0.15, 0.2) is 4.52 Å². The van der Waals surface area contributed by atoms with E-state index in [2.05, 4.69) is 5.16 Å². The highest BCUT2D eigenvalue weighted by molar-refractivity contribution is 5.96. The van der Waals surface area contributed by atoms with Gasteiger partial charge in [-0.2, -0.15) is 0 Å². The van der Waals surface area contributed by atoms with Crippen molar-refractivity contribution in [3.05, 3.63) is 17.0 Å². The van der Waals surface area contributed by atoms with Gasteiger partial charge in [0.2, 0.25) is 0 Å². The topological polar surface area (TPSA) is 64.8 Å². The lowest BCUT2D eigenvalue weighted by molar-refractivity contribution is -0.136. The smallest absolute Gasteiger partial charge is 0.259 e. The monoisotopic (exact) mass is 308 g/mol. The summed E-state index contributed by atoms with van der Waals surface area (Å²) < 4.78 is 16.8. The Hall–Kier alpha value is -1.40. The van der Waals surface area contributed by atoms with Crippen molar-refractivity contribution in [2.45, 2.75) is 51.2 Å². The minimum atomic E-state index is -0.206. The van der Waals surface area contributed by atoms with Gasteiger partial charge in [-0.15, -0.1) is 0 Å². The van der Waals surface area contributed by atoms with Gasteiger partial charge in [-0.1, -0.05) is 12.1 Å². The van der Waals surface area contributed by atoms with Crippen molar-refractivity contribution >= 4 is 5.91 Å². The van der Waals surface area contributed by atoms with Crippen LogP contribution in [0.25, 0.3) is 0 Å². The Labute approximate surface area is 130 Å². The lowest BCUT2D eigenvalue weighted by Crippen LogP contribution is -2.57. The van der Waals surface area contributed by atoms with E-state index in [0.29, 0.717) is 30.8 Å². The summed E-state index contributed by atoms with van der Waals surface area (Å²) in [5, 5.41) is 3.98. The SMILES string of the molecule is CCc1noc(C)c1C(=O)N1CC[C@@]2(CCCO2)[C@@H](OC)C1. The summed E-state index contributed by atoms with van der Waals surface area (Å²) in [6, 6.07) is 0. The van der Waals surface area contributed by atoms with E-state index in [1.54, 1.807) is 14.0 Å². The van der Waals surface area contributed by atoms with Crippen LogP contribution in [0.3, 0.4) is 0 Å². The Kier molecular flexibility index (Phi) is 4.23. The average Bonchev–Trinajstić information content (AvgIpc) is 3.14. The van der Waals surface area contributed by atoms with Crippen molar-refractivity contribution in [2.75, 3.05) is 26.8 Å². The molecule has 0 saturated carbocycles. The summed E-state index contributed by atoms with van der Waals surface area (Å²) in [4.78, 5) is 14.7. The Balaban J connectivity index is 1.79. The number of piperidine rings is 1. The number of hydrogen-bond acceptors (Lipinski definition) is 5. The van der Waals surface area contributed by atoms with E-state index >= 15 is 0 Å². The van der Waals surface area contributed by atoms with Crippen molar-refractivity contribution < 1.29 is 18.8 Å². The maximum atomic E-state index is 12.9. The van der Waals surface area contributed by atoms with Crippen LogP contribution in [0.1, 0.15) is 48.0 Å². The molecule has 0 bridgehead atoms. The molecular weight excluding hydrogens is 284 g/mol. The van der Waals surface area contributed by atoms with Gasteiger partial charge >= 0.3 is 0 Å². The molecule has 1 aromatic rings. The van der Waals surface area contributed by atoms with Gasteiger partial charge in [0.1, 0.15) is 17.4 Å². The van der Waals surface area contributed by atoms with E-state index in [0.717, 1.165) is 31.6 Å². The summed E-state index contributed by atoms with van der Waals surface area (Å²) in [6.07, 6.45) is 3.52. The molecule has 0 N–H and O–H groups in total. The standard InChI is InChI=1S/C16H24N2O4/c1-4-12-14(11(2)22-17-12)15(19)18-8-7-16(6-5-9-21-16)13(10-18)20-3/h13H,4-10H2,1-3H3/t13-,16-/m0/s1. The first-order valence-electron chi connectivity index (χ1n) is 8.02. The summed E-state index contributed by atoms with van der Waals surface area (Å²) in [7, 11) is 1.70. The van der Waals surface area contributed by atoms with Crippen LogP contribution in [-0.2, 0) is 15.9 Å². The van der Waals surface area contributed by atoms with Gasteiger partial charge in [-0.05, 0) is 32.6 Å². The van der Waals surface area contributed by atoms with E-state index in [9.17, 15) is 4.79 Å². The van der Waals surface area contributed by atoms with Crippen LogP contribution in [0.5, 0.6) is 0 Å². The predicted octanol–water partition coefficient (Wildman–Crippen LogP) is 1.96. The van der Waals surface area contributed by atoms with Crippen LogP contribution < -0.4 is 0 Å². The normalized spacial score (nSPS) is 28.5. The van der Waals surface area contributed by atoms with E-state index < -0.39 is 0 Å². The number of carbonyl (C=O) groups is 1. The molecule has 2 fully saturated rings. The van der Waals surface area contributed by atoms with E-state index in [1.165, 1.54) is 0 Å². The summed E-state index contributed by atoms with van der Waals surface area (Å²) in [5.74, 6) is 0.582. The number of ether oxygens (including phenoxy) is 2. The van der Waals surface area contributed by atoms with Crippen molar-refractivity contribution in [1.82, 2.24) is 10.1 Å². The van der Waals surface area contributed by atoms with E-state index in [4.69, 9.17) is 14.0 Å². The Morgan fingerprint density at radius 3 is 2.95 bits per heavy atom. The van der Waals surface area contributed by atoms with Crippen molar-refractivity contribution in [2.24, 2.45) is 0 Å². The highest BCUT2D eigenvalue weighted by atomic mass is 16.6. The first-order valence-corrected chi connectivity index (χ1v) is 8.02. The first-order chi connectivity index (χ1) is 10.6. The second-order valence-corrected chi connectivity index (χ2v) is 6.16. The molecule has 2 atom stereocenters. The maximum Gasteiger partial charge on any atom is 0.259 e. The van der Waals surface area contributed by atoms with Crippen molar-refractivity contribution in [3.8, 4) is 0 Å². The summed E-state index contributed by atoms with van der Waals surface area (Å²) in [5.41, 5.74) is 1.14. The zero-order valence-corrected chi connectivity index (χ0v) is 13.6. The number of aromatic nitrogens is 1. The zero-order valence-electron chi connectivity index (χ0n) is 13.6. The number of nitrogens with zero attached hydrogens (tertiary/aromatic N) is 2. The van der Waals surface area contributed by atoms with Gasteiger partial charge in [0.25, 0.3) is 5.91 Å². The highest BCUT2D eigenvalue weighted by Gasteiger charge is 2.48. The number of aryl methyl sites for hydroxylation is 2. The molecule has 0 aliphatic carbocycles. The molecule has 3 rings (SSSR count). The lowest BCUT2D eigenvalue weighted by Gasteiger charge is -2.44. The first kappa shape index (κ1) is 15.5. The number of methoxy groups -OCH3 is 1. The molecule has 22 heavy (non-hydrogen) atoms. The molecule has 1 amide bonds. The fourth-order valence-corrected chi connectivity index (χ4v) is 3.68. The van der Waals surface area contributed by atoms with E-state index in [1.807, 2.05) is 11.8 Å². The van der Waals surface area contributed by atoms with Gasteiger partial charge in [0.15, 0.2) is 0 Å². The third kappa shape index (κ3) is 2.44. The maximum absolute atomic E-state index is 12.9. The van der Waals surface area contributed by atoms with Crippen LogP contribution in [0.2, 0.25) is 0 Å². The number of hydrogen-bond donors (Lipinski definition) is 0. The number of amides is 1. The molecule has 1 spiro atoms. The number of carbonyl (C=O) groups excluding carboxylic acids is 1. The Morgan fingerprint density at radius 2 is 2.32 bits per heavy atom. The molecule has 2 saturated heterocycles. The molecule has 1 aromatic heterocycles. The summed E-state index contributed by atoms with van der Waals surface area (Å²) in [6.45, 7) is 5.80. The molecule has 3 heterocycles. The largest absolute Gasteiger partial charge is 0.377 e. The Bertz CT molecular complexity index is 548. The second kappa shape index (κ2) is 6.01. The highest BCUT2D eigenvalue weighted by Crippen LogP contribution is 2.37. The molecule has 2 aliphatic heterocycles. The predicted molar refractivity (Wildman–Crippen MR) is 79.9 cm³/mol. The average molecular weight is 308 g/mol. The third-order valence-corrected chi connectivity index (χ3v) is 4.97. The number of likely N-dealkylation sites (tertiary alicyclic amines) is 1. The summed E-state index contributed by atoms with van der Waals surface area (Å²) >= 11 is 0. The second-order valence-electron chi connectivity index (χ2n) is 6.16. The molecule has 2 aliphatic rings. The molecule has 0 unspecified atom stereocenters.